The molecular weight excluding hydrogens is 465 g/mol. The highest BCUT2D eigenvalue weighted by Crippen LogP contribution is 2.21. The average molecular weight is 484 g/mol. The normalized spacial score (nSPS) is 12.9. The summed E-state index contributed by atoms with van der Waals surface area (Å²) < 4.78 is 41.4. The zero-order valence-electron chi connectivity index (χ0n) is 18.3. The van der Waals surface area contributed by atoms with Crippen molar-refractivity contribution in [3.63, 3.8) is 0 Å². The molecule has 8 nitrogen and oxygen atoms in total. The SMILES string of the molecule is C[C@@H](NC(=O)[C@H](Cc1ccc(F)cc1)n1c(=O)[nH]c2cccc(O)c2c1=O)c1ncc(F)cc1F. The van der Waals surface area contributed by atoms with Gasteiger partial charge in [0.2, 0.25) is 5.91 Å². The topological polar surface area (TPSA) is 117 Å². The number of hydrogen-bond acceptors (Lipinski definition) is 5. The predicted molar refractivity (Wildman–Crippen MR) is 120 cm³/mol. The Morgan fingerprint density at radius 3 is 2.51 bits per heavy atom. The second kappa shape index (κ2) is 9.45. The van der Waals surface area contributed by atoms with Gasteiger partial charge in [0.25, 0.3) is 5.56 Å². The van der Waals surface area contributed by atoms with Crippen LogP contribution in [0.2, 0.25) is 0 Å². The molecule has 0 aliphatic rings. The molecular formula is C24H19F3N4O4. The number of carbonyl (C=O) groups excluding carboxylic acids is 1. The highest BCUT2D eigenvalue weighted by Gasteiger charge is 2.28. The van der Waals surface area contributed by atoms with Gasteiger partial charge in [0.05, 0.1) is 23.4 Å². The number of amides is 1. The second-order valence-electron chi connectivity index (χ2n) is 7.90. The van der Waals surface area contributed by atoms with Gasteiger partial charge in [0.15, 0.2) is 0 Å². The molecule has 0 fully saturated rings. The summed E-state index contributed by atoms with van der Waals surface area (Å²) in [4.78, 5) is 45.6. The van der Waals surface area contributed by atoms with Crippen LogP contribution in [0.3, 0.4) is 0 Å². The Kier molecular flexibility index (Phi) is 6.41. The minimum absolute atomic E-state index is 0.0724. The van der Waals surface area contributed by atoms with Crippen molar-refractivity contribution in [2.75, 3.05) is 0 Å². The first kappa shape index (κ1) is 23.7. The van der Waals surface area contributed by atoms with E-state index in [2.05, 4.69) is 15.3 Å². The Morgan fingerprint density at radius 1 is 1.11 bits per heavy atom. The lowest BCUT2D eigenvalue weighted by Gasteiger charge is -2.22. The van der Waals surface area contributed by atoms with Gasteiger partial charge in [-0.25, -0.2) is 22.5 Å². The van der Waals surface area contributed by atoms with E-state index >= 15 is 0 Å². The number of aromatic nitrogens is 3. The lowest BCUT2D eigenvalue weighted by atomic mass is 10.0. The molecule has 0 saturated carbocycles. The summed E-state index contributed by atoms with van der Waals surface area (Å²) in [5, 5.41) is 12.5. The molecule has 35 heavy (non-hydrogen) atoms. The van der Waals surface area contributed by atoms with E-state index in [1.807, 2.05) is 0 Å². The highest BCUT2D eigenvalue weighted by molar-refractivity contribution is 5.85. The largest absolute Gasteiger partial charge is 0.507 e. The number of fused-ring (bicyclic) bond motifs is 1. The van der Waals surface area contributed by atoms with E-state index in [4.69, 9.17) is 0 Å². The molecule has 0 spiro atoms. The second-order valence-corrected chi connectivity index (χ2v) is 7.90. The molecule has 180 valence electrons. The molecule has 4 rings (SSSR count). The number of benzene rings is 2. The van der Waals surface area contributed by atoms with Crippen LogP contribution in [0.1, 0.15) is 30.3 Å². The first-order valence-electron chi connectivity index (χ1n) is 10.5. The van der Waals surface area contributed by atoms with Crippen LogP contribution >= 0.6 is 0 Å². The Labute approximate surface area is 195 Å². The summed E-state index contributed by atoms with van der Waals surface area (Å²) in [6, 6.07) is 7.29. The molecule has 2 atom stereocenters. The third-order valence-electron chi connectivity index (χ3n) is 5.50. The number of rotatable bonds is 6. The summed E-state index contributed by atoms with van der Waals surface area (Å²) in [6.07, 6.45) is 0.582. The molecule has 0 aliphatic heterocycles. The molecule has 0 bridgehead atoms. The fourth-order valence-corrected chi connectivity index (χ4v) is 3.81. The summed E-state index contributed by atoms with van der Waals surface area (Å²) in [5.41, 5.74) is -1.60. The Hall–Kier alpha value is -4.41. The third kappa shape index (κ3) is 4.79. The minimum Gasteiger partial charge on any atom is -0.507 e. The molecule has 1 amide bonds. The van der Waals surface area contributed by atoms with Gasteiger partial charge >= 0.3 is 5.69 Å². The third-order valence-corrected chi connectivity index (χ3v) is 5.50. The summed E-state index contributed by atoms with van der Waals surface area (Å²) >= 11 is 0. The number of H-pyrrole nitrogens is 1. The molecule has 2 heterocycles. The monoisotopic (exact) mass is 484 g/mol. The van der Waals surface area contributed by atoms with Gasteiger partial charge in [0, 0.05) is 12.5 Å². The van der Waals surface area contributed by atoms with Crippen molar-refractivity contribution in [2.24, 2.45) is 0 Å². The molecule has 0 radical (unpaired) electrons. The van der Waals surface area contributed by atoms with Crippen molar-refractivity contribution < 1.29 is 23.1 Å². The number of nitrogens with one attached hydrogen (secondary N) is 2. The van der Waals surface area contributed by atoms with Crippen LogP contribution in [0.5, 0.6) is 5.75 Å². The Balaban J connectivity index is 1.79. The first-order chi connectivity index (χ1) is 16.7. The number of carbonyl (C=O) groups is 1. The minimum atomic E-state index is -1.47. The number of phenols is 1. The maximum absolute atomic E-state index is 14.2. The van der Waals surface area contributed by atoms with Crippen LogP contribution in [-0.4, -0.2) is 25.5 Å². The van der Waals surface area contributed by atoms with Crippen LogP contribution in [0.4, 0.5) is 13.2 Å². The zero-order chi connectivity index (χ0) is 25.3. The summed E-state index contributed by atoms with van der Waals surface area (Å²) in [7, 11) is 0. The number of aromatic hydroxyl groups is 1. The smallest absolute Gasteiger partial charge is 0.329 e. The van der Waals surface area contributed by atoms with Crippen LogP contribution in [-0.2, 0) is 11.2 Å². The van der Waals surface area contributed by atoms with E-state index in [0.717, 1.165) is 18.3 Å². The number of phenolic OH excluding ortho intramolecular Hbond substituents is 1. The fourth-order valence-electron chi connectivity index (χ4n) is 3.81. The van der Waals surface area contributed by atoms with Crippen LogP contribution in [0.15, 0.2) is 64.3 Å². The Morgan fingerprint density at radius 2 is 1.83 bits per heavy atom. The fraction of sp³-hybridized carbons (Fsp3) is 0.167. The Bertz CT molecular complexity index is 1530. The van der Waals surface area contributed by atoms with E-state index in [9.17, 15) is 32.7 Å². The van der Waals surface area contributed by atoms with Crippen molar-refractivity contribution in [3.8, 4) is 5.75 Å². The van der Waals surface area contributed by atoms with Gasteiger partial charge in [-0.3, -0.25) is 14.6 Å². The molecule has 2 aromatic heterocycles. The average Bonchev–Trinajstić information content (AvgIpc) is 2.79. The van der Waals surface area contributed by atoms with Crippen LogP contribution in [0.25, 0.3) is 10.9 Å². The summed E-state index contributed by atoms with van der Waals surface area (Å²) in [5.74, 6) is -3.66. The number of aromatic amines is 1. The van der Waals surface area contributed by atoms with Gasteiger partial charge in [-0.15, -0.1) is 0 Å². The van der Waals surface area contributed by atoms with Crippen molar-refractivity contribution in [1.82, 2.24) is 19.9 Å². The van der Waals surface area contributed by atoms with Crippen molar-refractivity contribution in [3.05, 3.63) is 104 Å². The van der Waals surface area contributed by atoms with E-state index in [-0.39, 0.29) is 23.0 Å². The van der Waals surface area contributed by atoms with E-state index in [1.165, 1.54) is 37.3 Å². The van der Waals surface area contributed by atoms with Crippen molar-refractivity contribution in [1.29, 1.82) is 0 Å². The number of hydrogen-bond donors (Lipinski definition) is 3. The standard InChI is InChI=1S/C24H19F3N4O4/c1-12(21-16(27)10-15(26)11-28-21)29-22(33)18(9-13-5-7-14(25)8-6-13)31-23(34)20-17(30-24(31)35)3-2-4-19(20)32/h2-8,10-12,18,32H,9H2,1H3,(H,29,33)(H,30,35)/t12-,18+/m1/s1. The molecule has 2 aromatic carbocycles. The summed E-state index contributed by atoms with van der Waals surface area (Å²) in [6.45, 7) is 1.40. The number of pyridine rings is 1. The quantitative estimate of drug-likeness (QED) is 0.389. The maximum Gasteiger partial charge on any atom is 0.329 e. The van der Waals surface area contributed by atoms with Crippen molar-refractivity contribution in [2.45, 2.75) is 25.4 Å². The lowest BCUT2D eigenvalue weighted by Crippen LogP contribution is -2.46. The molecule has 0 aliphatic carbocycles. The van der Waals surface area contributed by atoms with E-state index in [1.54, 1.807) is 0 Å². The molecule has 0 unspecified atom stereocenters. The zero-order valence-corrected chi connectivity index (χ0v) is 18.3. The highest BCUT2D eigenvalue weighted by atomic mass is 19.1. The lowest BCUT2D eigenvalue weighted by molar-refractivity contribution is -0.125. The van der Waals surface area contributed by atoms with E-state index in [0.29, 0.717) is 16.2 Å². The molecule has 11 heteroatoms. The maximum atomic E-state index is 14.2. The van der Waals surface area contributed by atoms with Gasteiger partial charge in [-0.1, -0.05) is 18.2 Å². The van der Waals surface area contributed by atoms with Gasteiger partial charge in [-0.2, -0.15) is 0 Å². The van der Waals surface area contributed by atoms with Gasteiger partial charge in [0.1, 0.15) is 34.6 Å². The number of halogens is 3. The molecule has 3 N–H and O–H groups in total. The van der Waals surface area contributed by atoms with Gasteiger partial charge in [-0.05, 0) is 36.8 Å². The molecule has 0 saturated heterocycles. The van der Waals surface area contributed by atoms with E-state index < -0.39 is 52.4 Å². The van der Waals surface area contributed by atoms with Crippen molar-refractivity contribution >= 4 is 16.8 Å². The number of nitrogens with zero attached hydrogens (tertiary/aromatic N) is 2. The van der Waals surface area contributed by atoms with Gasteiger partial charge < -0.3 is 15.4 Å². The predicted octanol–water partition coefficient (Wildman–Crippen LogP) is 2.87. The van der Waals surface area contributed by atoms with Crippen LogP contribution < -0.4 is 16.6 Å². The van der Waals surface area contributed by atoms with Crippen LogP contribution in [0, 0.1) is 17.5 Å². The first-order valence-corrected chi connectivity index (χ1v) is 10.5. The molecule has 4 aromatic rings.